The number of benzene rings is 1. The van der Waals surface area contributed by atoms with Gasteiger partial charge in [0.2, 0.25) is 0 Å². The average molecular weight is 259 g/mol. The van der Waals surface area contributed by atoms with E-state index in [1.165, 1.54) is 0 Å². The number of nitrogens with zero attached hydrogens (tertiary/aromatic N) is 3. The molecule has 0 spiro atoms. The zero-order valence-corrected chi connectivity index (χ0v) is 11.7. The smallest absolute Gasteiger partial charge is 0.137 e. The second-order valence-electron chi connectivity index (χ2n) is 5.14. The summed E-state index contributed by atoms with van der Waals surface area (Å²) in [5.41, 5.74) is 7.36. The molecule has 19 heavy (non-hydrogen) atoms. The number of nitrogens with one attached hydrogen (secondary N) is 1. The molecule has 1 unspecified atom stereocenters. The third-order valence-electron chi connectivity index (χ3n) is 3.05. The highest BCUT2D eigenvalue weighted by atomic mass is 15.1. The lowest BCUT2D eigenvalue weighted by Crippen LogP contribution is -2.23. The summed E-state index contributed by atoms with van der Waals surface area (Å²) in [5, 5.41) is 4.45. The van der Waals surface area contributed by atoms with Gasteiger partial charge in [-0.15, -0.1) is 0 Å². The van der Waals surface area contributed by atoms with Crippen LogP contribution in [-0.2, 0) is 0 Å². The van der Waals surface area contributed by atoms with E-state index >= 15 is 0 Å². The SMILES string of the molecule is CC(CCN(C)C)Nc1ncnc2cc(N)ccc12. The number of nitrogen functional groups attached to an aromatic ring is 1. The lowest BCUT2D eigenvalue weighted by atomic mass is 10.2. The summed E-state index contributed by atoms with van der Waals surface area (Å²) < 4.78 is 0. The average Bonchev–Trinajstić information content (AvgIpc) is 2.36. The summed E-state index contributed by atoms with van der Waals surface area (Å²) >= 11 is 0. The minimum atomic E-state index is 0.359. The molecule has 102 valence electrons. The van der Waals surface area contributed by atoms with Crippen molar-refractivity contribution in [3.05, 3.63) is 24.5 Å². The highest BCUT2D eigenvalue weighted by Crippen LogP contribution is 2.22. The Morgan fingerprint density at radius 2 is 2.11 bits per heavy atom. The van der Waals surface area contributed by atoms with E-state index in [4.69, 9.17) is 5.73 Å². The molecule has 0 aliphatic heterocycles. The van der Waals surface area contributed by atoms with Gasteiger partial charge in [0.25, 0.3) is 0 Å². The fourth-order valence-corrected chi connectivity index (χ4v) is 1.95. The summed E-state index contributed by atoms with van der Waals surface area (Å²) in [6, 6.07) is 6.07. The largest absolute Gasteiger partial charge is 0.399 e. The number of aromatic nitrogens is 2. The zero-order valence-electron chi connectivity index (χ0n) is 11.7. The monoisotopic (exact) mass is 259 g/mol. The molecule has 1 aromatic carbocycles. The summed E-state index contributed by atoms with van der Waals surface area (Å²) in [6.07, 6.45) is 2.64. The standard InChI is InChI=1S/C14H21N5/c1-10(6-7-19(2)3)18-14-12-5-4-11(15)8-13(12)16-9-17-14/h4-5,8-10H,6-7,15H2,1-3H3,(H,16,17,18). The number of hydrogen-bond donors (Lipinski definition) is 2. The molecule has 1 atom stereocenters. The van der Waals surface area contributed by atoms with Gasteiger partial charge in [-0.25, -0.2) is 9.97 Å². The van der Waals surface area contributed by atoms with Gasteiger partial charge in [-0.2, -0.15) is 0 Å². The summed E-state index contributed by atoms with van der Waals surface area (Å²) in [6.45, 7) is 3.21. The Morgan fingerprint density at radius 1 is 1.32 bits per heavy atom. The van der Waals surface area contributed by atoms with Gasteiger partial charge in [0, 0.05) is 17.1 Å². The first kappa shape index (κ1) is 13.5. The molecule has 2 aromatic rings. The van der Waals surface area contributed by atoms with Gasteiger partial charge in [0.1, 0.15) is 12.1 Å². The third kappa shape index (κ3) is 3.54. The molecule has 3 N–H and O–H groups in total. The molecule has 0 aliphatic carbocycles. The molecule has 5 nitrogen and oxygen atoms in total. The maximum absolute atomic E-state index is 5.77. The Labute approximate surface area is 113 Å². The van der Waals surface area contributed by atoms with E-state index in [0.29, 0.717) is 6.04 Å². The Morgan fingerprint density at radius 3 is 2.84 bits per heavy atom. The fraction of sp³-hybridized carbons (Fsp3) is 0.429. The minimum Gasteiger partial charge on any atom is -0.399 e. The molecule has 0 saturated carbocycles. The van der Waals surface area contributed by atoms with Crippen molar-refractivity contribution >= 4 is 22.4 Å². The van der Waals surface area contributed by atoms with Crippen molar-refractivity contribution in [1.82, 2.24) is 14.9 Å². The van der Waals surface area contributed by atoms with Gasteiger partial charge in [-0.3, -0.25) is 0 Å². The first-order chi connectivity index (χ1) is 9.06. The van der Waals surface area contributed by atoms with Crippen LogP contribution in [0.3, 0.4) is 0 Å². The van der Waals surface area contributed by atoms with Crippen molar-refractivity contribution in [1.29, 1.82) is 0 Å². The van der Waals surface area contributed by atoms with Gasteiger partial charge >= 0.3 is 0 Å². The molecule has 0 fully saturated rings. The third-order valence-corrected chi connectivity index (χ3v) is 3.05. The number of anilines is 2. The van der Waals surface area contributed by atoms with Crippen LogP contribution >= 0.6 is 0 Å². The van der Waals surface area contributed by atoms with Gasteiger partial charge in [0.05, 0.1) is 5.52 Å². The highest BCUT2D eigenvalue weighted by molar-refractivity contribution is 5.90. The summed E-state index contributed by atoms with van der Waals surface area (Å²) in [7, 11) is 4.16. The molecule has 0 aliphatic rings. The van der Waals surface area contributed by atoms with Crippen LogP contribution in [0.15, 0.2) is 24.5 Å². The van der Waals surface area contributed by atoms with Crippen molar-refractivity contribution in [2.75, 3.05) is 31.7 Å². The van der Waals surface area contributed by atoms with Crippen LogP contribution in [-0.4, -0.2) is 41.5 Å². The fourth-order valence-electron chi connectivity index (χ4n) is 1.95. The molecule has 1 aromatic heterocycles. The second kappa shape index (κ2) is 5.84. The summed E-state index contributed by atoms with van der Waals surface area (Å²) in [4.78, 5) is 10.7. The predicted octanol–water partition coefficient (Wildman–Crippen LogP) is 1.96. The zero-order chi connectivity index (χ0) is 13.8. The van der Waals surface area contributed by atoms with E-state index in [1.54, 1.807) is 6.33 Å². The Balaban J connectivity index is 2.16. The normalized spacial score (nSPS) is 12.8. The van der Waals surface area contributed by atoms with E-state index in [2.05, 4.69) is 41.2 Å². The van der Waals surface area contributed by atoms with Gasteiger partial charge in [-0.05, 0) is 52.2 Å². The van der Waals surface area contributed by atoms with Crippen LogP contribution in [0, 0.1) is 0 Å². The Bertz CT molecular complexity index is 553. The van der Waals surface area contributed by atoms with Crippen molar-refractivity contribution < 1.29 is 0 Å². The van der Waals surface area contributed by atoms with Gasteiger partial charge < -0.3 is 16.0 Å². The van der Waals surface area contributed by atoms with Crippen LogP contribution in [0.25, 0.3) is 10.9 Å². The maximum atomic E-state index is 5.77. The van der Waals surface area contributed by atoms with Crippen molar-refractivity contribution in [3.63, 3.8) is 0 Å². The molecule has 0 radical (unpaired) electrons. The molecule has 1 heterocycles. The van der Waals surface area contributed by atoms with Crippen LogP contribution in [0.4, 0.5) is 11.5 Å². The van der Waals surface area contributed by atoms with Crippen LogP contribution in [0.1, 0.15) is 13.3 Å². The molecular weight excluding hydrogens is 238 g/mol. The lowest BCUT2D eigenvalue weighted by Gasteiger charge is -2.18. The van der Waals surface area contributed by atoms with Crippen molar-refractivity contribution in [3.8, 4) is 0 Å². The number of fused-ring (bicyclic) bond motifs is 1. The van der Waals surface area contributed by atoms with Gasteiger partial charge in [0.15, 0.2) is 0 Å². The van der Waals surface area contributed by atoms with E-state index in [-0.39, 0.29) is 0 Å². The van der Waals surface area contributed by atoms with Gasteiger partial charge in [-0.1, -0.05) is 0 Å². The molecular formula is C14H21N5. The first-order valence-electron chi connectivity index (χ1n) is 6.48. The quantitative estimate of drug-likeness (QED) is 0.803. The Hall–Kier alpha value is -1.88. The van der Waals surface area contributed by atoms with Crippen molar-refractivity contribution in [2.45, 2.75) is 19.4 Å². The highest BCUT2D eigenvalue weighted by Gasteiger charge is 2.08. The van der Waals surface area contributed by atoms with E-state index in [0.717, 1.165) is 35.4 Å². The molecule has 0 amide bonds. The topological polar surface area (TPSA) is 67.1 Å². The predicted molar refractivity (Wildman–Crippen MR) is 80.2 cm³/mol. The Kier molecular flexibility index (Phi) is 4.16. The number of nitrogens with two attached hydrogens (primary N) is 1. The van der Waals surface area contributed by atoms with Crippen molar-refractivity contribution in [2.24, 2.45) is 0 Å². The lowest BCUT2D eigenvalue weighted by molar-refractivity contribution is 0.390. The van der Waals surface area contributed by atoms with Crippen LogP contribution < -0.4 is 11.1 Å². The number of rotatable bonds is 5. The number of hydrogen-bond acceptors (Lipinski definition) is 5. The van der Waals surface area contributed by atoms with E-state index in [9.17, 15) is 0 Å². The van der Waals surface area contributed by atoms with Crippen LogP contribution in [0.5, 0.6) is 0 Å². The van der Waals surface area contributed by atoms with E-state index < -0.39 is 0 Å². The molecule has 5 heteroatoms. The minimum absolute atomic E-state index is 0.359. The van der Waals surface area contributed by atoms with Crippen LogP contribution in [0.2, 0.25) is 0 Å². The first-order valence-corrected chi connectivity index (χ1v) is 6.48. The molecule has 0 saturated heterocycles. The summed E-state index contributed by atoms with van der Waals surface area (Å²) in [5.74, 6) is 0.872. The maximum Gasteiger partial charge on any atom is 0.137 e. The molecule has 0 bridgehead atoms. The van der Waals surface area contributed by atoms with E-state index in [1.807, 2.05) is 18.2 Å². The molecule has 2 rings (SSSR count). The second-order valence-corrected chi connectivity index (χ2v) is 5.14.